The molecule has 0 aromatic heterocycles. The average molecular weight is 374 g/mol. The van der Waals surface area contributed by atoms with Crippen LogP contribution in [0.2, 0.25) is 0 Å². The third-order valence-corrected chi connectivity index (χ3v) is 6.02. The number of rotatable bonds is 4. The average Bonchev–Trinajstić information content (AvgIpc) is 3.15. The normalized spacial score (nSPS) is 16.0. The van der Waals surface area contributed by atoms with Crippen molar-refractivity contribution in [2.75, 3.05) is 0 Å². The van der Waals surface area contributed by atoms with E-state index in [-0.39, 0.29) is 12.6 Å². The molecule has 28 heavy (non-hydrogen) atoms. The zero-order valence-electron chi connectivity index (χ0n) is 17.2. The van der Waals surface area contributed by atoms with Crippen molar-refractivity contribution < 1.29 is 9.53 Å². The van der Waals surface area contributed by atoms with Gasteiger partial charge in [-0.3, -0.25) is 0 Å². The molecule has 4 rings (SSSR count). The molecule has 4 nitrogen and oxygen atoms in total. The largest absolute Gasteiger partial charge is 0.456 e. The van der Waals surface area contributed by atoms with Crippen LogP contribution < -0.4 is 0 Å². The molecule has 144 valence electrons. The van der Waals surface area contributed by atoms with Crippen LogP contribution in [-0.2, 0) is 11.3 Å². The van der Waals surface area contributed by atoms with Crippen LogP contribution >= 0.6 is 0 Å². The van der Waals surface area contributed by atoms with E-state index in [0.717, 1.165) is 34.5 Å². The SMILES string of the molecule is CCC1=C(C)c2cc3nc(C(=O)OCc4ccccc4)c(C)c-3c(C)n2[C@H]1C. The summed E-state index contributed by atoms with van der Waals surface area (Å²) < 4.78 is 7.90. The first-order valence-electron chi connectivity index (χ1n) is 9.87. The van der Waals surface area contributed by atoms with Gasteiger partial charge < -0.3 is 9.30 Å². The zero-order chi connectivity index (χ0) is 20.0. The number of benzene rings is 1. The molecule has 0 fully saturated rings. The predicted molar refractivity (Wildman–Crippen MR) is 111 cm³/mol. The summed E-state index contributed by atoms with van der Waals surface area (Å²) in [5.41, 5.74) is 9.39. The Bertz CT molecular complexity index is 1060. The monoisotopic (exact) mass is 374 g/mol. The lowest BCUT2D eigenvalue weighted by Gasteiger charge is -2.20. The Hall–Kier alpha value is -2.88. The van der Waals surface area contributed by atoms with Gasteiger partial charge >= 0.3 is 5.97 Å². The summed E-state index contributed by atoms with van der Waals surface area (Å²) in [5, 5.41) is 0. The molecule has 3 heterocycles. The number of hydrogen-bond acceptors (Lipinski definition) is 3. The minimum atomic E-state index is -0.364. The first-order chi connectivity index (χ1) is 13.4. The molecular formula is C24H26N2O2. The highest BCUT2D eigenvalue weighted by molar-refractivity contribution is 5.94. The molecule has 0 N–H and O–H groups in total. The van der Waals surface area contributed by atoms with Crippen LogP contribution in [0.15, 0.2) is 42.0 Å². The van der Waals surface area contributed by atoms with Gasteiger partial charge in [-0.1, -0.05) is 37.3 Å². The van der Waals surface area contributed by atoms with Gasteiger partial charge in [0.05, 0.1) is 11.7 Å². The molecule has 0 amide bonds. The number of ether oxygens (including phenoxy) is 1. The van der Waals surface area contributed by atoms with Crippen molar-refractivity contribution in [1.82, 2.24) is 9.55 Å². The van der Waals surface area contributed by atoms with Gasteiger partial charge in [0.25, 0.3) is 0 Å². The topological polar surface area (TPSA) is 44.1 Å². The lowest BCUT2D eigenvalue weighted by Crippen LogP contribution is -2.10. The molecule has 3 aliphatic heterocycles. The molecule has 0 saturated heterocycles. The summed E-state index contributed by atoms with van der Waals surface area (Å²) in [5.74, 6) is -0.364. The number of fused-ring (bicyclic) bond motifs is 2. The molecule has 1 aromatic rings. The van der Waals surface area contributed by atoms with E-state index in [0.29, 0.717) is 11.7 Å². The maximum atomic E-state index is 12.7. The van der Waals surface area contributed by atoms with Gasteiger partial charge in [0.15, 0.2) is 5.69 Å². The number of carbonyl (C=O) groups is 1. The third-order valence-electron chi connectivity index (χ3n) is 6.02. The molecule has 0 spiro atoms. The fraction of sp³-hybridized carbons (Fsp3) is 0.333. The summed E-state index contributed by atoms with van der Waals surface area (Å²) >= 11 is 0. The fourth-order valence-electron chi connectivity index (χ4n) is 4.60. The lowest BCUT2D eigenvalue weighted by molar-refractivity contribution is 0.0466. The number of hydrogen-bond donors (Lipinski definition) is 0. The smallest absolute Gasteiger partial charge is 0.357 e. The highest BCUT2D eigenvalue weighted by atomic mass is 16.5. The predicted octanol–water partition coefficient (Wildman–Crippen LogP) is 5.72. The molecule has 0 saturated carbocycles. The van der Waals surface area contributed by atoms with Crippen molar-refractivity contribution >= 4 is 11.5 Å². The molecule has 3 aliphatic rings. The minimum Gasteiger partial charge on any atom is -0.456 e. The van der Waals surface area contributed by atoms with E-state index in [1.54, 1.807) is 0 Å². The molecule has 1 aromatic carbocycles. The Morgan fingerprint density at radius 3 is 2.57 bits per heavy atom. The van der Waals surface area contributed by atoms with E-state index in [4.69, 9.17) is 4.74 Å². The number of aromatic nitrogens is 2. The zero-order valence-corrected chi connectivity index (χ0v) is 17.2. The molecule has 0 unspecified atom stereocenters. The first kappa shape index (κ1) is 18.5. The first-order valence-corrected chi connectivity index (χ1v) is 9.87. The number of nitrogens with zero attached hydrogens (tertiary/aromatic N) is 2. The summed E-state index contributed by atoms with van der Waals surface area (Å²) in [4.78, 5) is 17.4. The van der Waals surface area contributed by atoms with Crippen LogP contribution in [0.1, 0.15) is 66.2 Å². The van der Waals surface area contributed by atoms with E-state index >= 15 is 0 Å². The van der Waals surface area contributed by atoms with E-state index in [1.165, 1.54) is 16.8 Å². The van der Waals surface area contributed by atoms with E-state index in [9.17, 15) is 4.79 Å². The third kappa shape index (κ3) is 2.75. The van der Waals surface area contributed by atoms with Gasteiger partial charge in [0, 0.05) is 17.0 Å². The van der Waals surface area contributed by atoms with E-state index in [1.807, 2.05) is 37.3 Å². The maximum absolute atomic E-state index is 12.7. The van der Waals surface area contributed by atoms with Crippen molar-refractivity contribution in [1.29, 1.82) is 0 Å². The number of pyridine rings is 1. The molecule has 1 atom stereocenters. The number of allylic oxidation sites excluding steroid dienone is 2. The van der Waals surface area contributed by atoms with Crippen molar-refractivity contribution in [3.63, 3.8) is 0 Å². The molecule has 4 heteroatoms. The van der Waals surface area contributed by atoms with Crippen molar-refractivity contribution in [3.8, 4) is 11.3 Å². The second kappa shape index (κ2) is 6.93. The van der Waals surface area contributed by atoms with Gasteiger partial charge in [0.2, 0.25) is 0 Å². The van der Waals surface area contributed by atoms with E-state index in [2.05, 4.69) is 43.3 Å². The van der Waals surface area contributed by atoms with Gasteiger partial charge in [-0.05, 0) is 62.5 Å². The van der Waals surface area contributed by atoms with Crippen LogP contribution in [0.5, 0.6) is 0 Å². The van der Waals surface area contributed by atoms with Gasteiger partial charge in [-0.2, -0.15) is 0 Å². The summed E-state index contributed by atoms with van der Waals surface area (Å²) in [7, 11) is 0. The molecule has 0 aliphatic carbocycles. The molecule has 0 radical (unpaired) electrons. The van der Waals surface area contributed by atoms with E-state index < -0.39 is 0 Å². The quantitative estimate of drug-likeness (QED) is 0.549. The van der Waals surface area contributed by atoms with Gasteiger partial charge in [-0.15, -0.1) is 0 Å². The summed E-state index contributed by atoms with van der Waals surface area (Å²) in [6.07, 6.45) is 1.04. The standard InChI is InChI=1S/C24H26N2O2/c1-6-19-14(2)21-12-20-22(17(5)26(21)16(19)4)15(3)23(25-20)24(27)28-13-18-10-8-7-9-11-18/h7-12,16H,6,13H2,1-5H3/t16-/m0/s1. The van der Waals surface area contributed by atoms with Crippen LogP contribution in [-0.4, -0.2) is 15.5 Å². The second-order valence-electron chi connectivity index (χ2n) is 7.57. The van der Waals surface area contributed by atoms with Crippen LogP contribution in [0.3, 0.4) is 0 Å². The Balaban J connectivity index is 1.72. The van der Waals surface area contributed by atoms with Crippen molar-refractivity contribution in [2.24, 2.45) is 0 Å². The molecule has 0 bridgehead atoms. The fourth-order valence-corrected chi connectivity index (χ4v) is 4.60. The van der Waals surface area contributed by atoms with Crippen LogP contribution in [0.4, 0.5) is 0 Å². The van der Waals surface area contributed by atoms with Crippen LogP contribution in [0.25, 0.3) is 16.8 Å². The summed E-state index contributed by atoms with van der Waals surface area (Å²) in [6, 6.07) is 12.2. The molecular weight excluding hydrogens is 348 g/mol. The highest BCUT2D eigenvalue weighted by Crippen LogP contribution is 2.43. The highest BCUT2D eigenvalue weighted by Gasteiger charge is 2.31. The Labute approximate surface area is 166 Å². The second-order valence-corrected chi connectivity index (χ2v) is 7.57. The van der Waals surface area contributed by atoms with Crippen LogP contribution in [0, 0.1) is 13.8 Å². The number of esters is 1. The minimum absolute atomic E-state index is 0.255. The van der Waals surface area contributed by atoms with Crippen molar-refractivity contribution in [2.45, 2.75) is 53.7 Å². The Morgan fingerprint density at radius 1 is 1.18 bits per heavy atom. The maximum Gasteiger partial charge on any atom is 0.357 e. The Kier molecular flexibility index (Phi) is 4.58. The van der Waals surface area contributed by atoms with Crippen molar-refractivity contribution in [3.05, 3.63) is 70.2 Å². The lowest BCUT2D eigenvalue weighted by atomic mass is 10.0. The Morgan fingerprint density at radius 2 is 1.89 bits per heavy atom. The summed E-state index contributed by atoms with van der Waals surface area (Å²) in [6.45, 7) is 11.0. The van der Waals surface area contributed by atoms with Gasteiger partial charge in [0.1, 0.15) is 6.61 Å². The van der Waals surface area contributed by atoms with Gasteiger partial charge in [-0.25, -0.2) is 9.78 Å². The number of carbonyl (C=O) groups excluding carboxylic acids is 1.